The van der Waals surface area contributed by atoms with Crippen LogP contribution in [-0.2, 0) is 15.4 Å². The maximum absolute atomic E-state index is 15.6. The van der Waals surface area contributed by atoms with Crippen molar-refractivity contribution in [2.45, 2.75) is 83.6 Å². The molecule has 0 aromatic heterocycles. The molecule has 3 rings (SSSR count). The maximum atomic E-state index is 15.6. The summed E-state index contributed by atoms with van der Waals surface area (Å²) < 4.78 is 37.8. The van der Waals surface area contributed by atoms with Crippen LogP contribution in [0.5, 0.6) is 0 Å². The number of halogens is 1. The molecule has 1 saturated carbocycles. The molecule has 1 N–H and O–H groups in total. The molecule has 0 amide bonds. The lowest BCUT2D eigenvalue weighted by Gasteiger charge is -2.43. The highest BCUT2D eigenvalue weighted by Crippen LogP contribution is 2.40. The molecule has 3 atom stereocenters. The van der Waals surface area contributed by atoms with Crippen molar-refractivity contribution in [2.24, 2.45) is 5.92 Å². The van der Waals surface area contributed by atoms with Crippen molar-refractivity contribution >= 4 is 29.7 Å². The fourth-order valence-corrected chi connectivity index (χ4v) is 10.5. The third-order valence-corrected chi connectivity index (χ3v) is 13.6. The van der Waals surface area contributed by atoms with Gasteiger partial charge in [-0.25, -0.2) is 13.3 Å². The van der Waals surface area contributed by atoms with Crippen LogP contribution in [0.4, 0.5) is 4.39 Å². The van der Waals surface area contributed by atoms with Crippen molar-refractivity contribution in [1.82, 2.24) is 4.72 Å². The molecule has 0 unspecified atom stereocenters. The summed E-state index contributed by atoms with van der Waals surface area (Å²) in [6, 6.07) is 20.6. The highest BCUT2D eigenvalue weighted by atomic mass is 32.2. The summed E-state index contributed by atoms with van der Waals surface area (Å²) in [7, 11) is -4.00. The number of hydrogen-bond donors (Lipinski definition) is 1. The Kier molecular flexibility index (Phi) is 8.95. The third kappa shape index (κ3) is 6.22. The summed E-state index contributed by atoms with van der Waals surface area (Å²) >= 11 is 0. The smallest absolute Gasteiger partial charge is 0.261 e. The Labute approximate surface area is 215 Å². The topological polar surface area (TPSA) is 38.3 Å². The first-order chi connectivity index (χ1) is 16.4. The average Bonchev–Trinajstić information content (AvgIpc) is 3.27. The summed E-state index contributed by atoms with van der Waals surface area (Å²) in [4.78, 5) is 0. The lowest BCUT2D eigenvalue weighted by Crippen LogP contribution is -2.66. The minimum Gasteiger partial charge on any atom is -0.407 e. The predicted molar refractivity (Wildman–Crippen MR) is 150 cm³/mol. The summed E-state index contributed by atoms with van der Waals surface area (Å²) in [6.07, 6.45) is 2.59. The molecule has 0 spiro atoms. The van der Waals surface area contributed by atoms with Gasteiger partial charge in [0.1, 0.15) is 5.83 Å². The normalized spacial score (nSPS) is 20.5. The molecule has 1 fully saturated rings. The standard InChI is InChI=1S/C29H42FNO2SSi/c1-22(31-34(32)28(2,3)4)27(30)26-20-14-15-23(26)21-33-35(29(5,6)7,24-16-10-8-11-17-24)25-18-12-9-13-19-25/h8-13,16-19,22-23,31H,14-15,20-21H2,1-7H3/b27-26-/t22-,23-,34-/m0/s1. The Morgan fingerprint density at radius 2 is 1.54 bits per heavy atom. The Morgan fingerprint density at radius 1 is 1.03 bits per heavy atom. The van der Waals surface area contributed by atoms with Gasteiger partial charge in [0.15, 0.2) is 0 Å². The van der Waals surface area contributed by atoms with Crippen LogP contribution in [0.2, 0.25) is 5.04 Å². The van der Waals surface area contributed by atoms with E-state index in [1.165, 1.54) is 10.4 Å². The van der Waals surface area contributed by atoms with Crippen LogP contribution in [0.25, 0.3) is 0 Å². The largest absolute Gasteiger partial charge is 0.407 e. The van der Waals surface area contributed by atoms with Crippen molar-refractivity contribution in [2.75, 3.05) is 6.61 Å². The van der Waals surface area contributed by atoms with Gasteiger partial charge in [-0.1, -0.05) is 81.4 Å². The SMILES string of the molecule is C[C@H](N[S@@](=O)C(C)(C)C)/C(F)=C1\CCC[C@H]1CO[Si](c1ccccc1)(c1ccccc1)C(C)(C)C. The van der Waals surface area contributed by atoms with Gasteiger partial charge < -0.3 is 4.43 Å². The fourth-order valence-electron chi connectivity index (χ4n) is 5.07. The summed E-state index contributed by atoms with van der Waals surface area (Å²) in [6.45, 7) is 14.7. The molecular weight excluding hydrogens is 473 g/mol. The van der Waals surface area contributed by atoms with Gasteiger partial charge in [-0.3, -0.25) is 0 Å². The maximum Gasteiger partial charge on any atom is 0.261 e. The van der Waals surface area contributed by atoms with Crippen LogP contribution in [0, 0.1) is 5.92 Å². The molecule has 2 aromatic rings. The number of rotatable bonds is 8. The van der Waals surface area contributed by atoms with E-state index < -0.39 is 30.1 Å². The first kappa shape index (κ1) is 28.0. The van der Waals surface area contributed by atoms with Crippen LogP contribution in [0.1, 0.15) is 67.7 Å². The molecule has 0 radical (unpaired) electrons. The Bertz CT molecular complexity index is 989. The van der Waals surface area contributed by atoms with E-state index >= 15 is 4.39 Å². The van der Waals surface area contributed by atoms with Gasteiger partial charge in [-0.05, 0) is 67.9 Å². The molecule has 1 aliphatic carbocycles. The van der Waals surface area contributed by atoms with Crippen LogP contribution in [0.15, 0.2) is 72.1 Å². The van der Waals surface area contributed by atoms with Gasteiger partial charge in [-0.2, -0.15) is 0 Å². The molecule has 0 aliphatic heterocycles. The molecule has 192 valence electrons. The first-order valence-electron chi connectivity index (χ1n) is 12.7. The summed E-state index contributed by atoms with van der Waals surface area (Å²) in [5.74, 6) is -0.139. The minimum absolute atomic E-state index is 0.0315. The molecular formula is C29H42FNO2SSi. The van der Waals surface area contributed by atoms with E-state index in [2.05, 4.69) is 74.0 Å². The lowest BCUT2D eigenvalue weighted by atomic mass is 10.0. The zero-order chi connectivity index (χ0) is 25.9. The highest BCUT2D eigenvalue weighted by Gasteiger charge is 2.50. The minimum atomic E-state index is -2.67. The van der Waals surface area contributed by atoms with Crippen molar-refractivity contribution < 1.29 is 13.0 Å². The second-order valence-corrected chi connectivity index (χ2v) is 18.0. The van der Waals surface area contributed by atoms with Gasteiger partial charge >= 0.3 is 0 Å². The van der Waals surface area contributed by atoms with E-state index in [-0.39, 0.29) is 16.8 Å². The Morgan fingerprint density at radius 3 is 2.00 bits per heavy atom. The molecule has 2 aromatic carbocycles. The average molecular weight is 516 g/mol. The third-order valence-electron chi connectivity index (χ3n) is 6.94. The molecule has 3 nitrogen and oxygen atoms in total. The van der Waals surface area contributed by atoms with Gasteiger partial charge in [0.05, 0.1) is 21.8 Å². The summed E-state index contributed by atoms with van der Waals surface area (Å²) in [5, 5.41) is 2.35. The predicted octanol–water partition coefficient (Wildman–Crippen LogP) is 6.03. The number of hydrogen-bond acceptors (Lipinski definition) is 2. The van der Waals surface area contributed by atoms with Crippen molar-refractivity contribution in [1.29, 1.82) is 0 Å². The van der Waals surface area contributed by atoms with E-state index in [4.69, 9.17) is 4.43 Å². The molecule has 6 heteroatoms. The van der Waals surface area contributed by atoms with Crippen LogP contribution in [-0.4, -0.2) is 29.9 Å². The molecule has 1 aliphatic rings. The zero-order valence-electron chi connectivity index (χ0n) is 22.4. The first-order valence-corrected chi connectivity index (χ1v) is 15.7. The second kappa shape index (κ2) is 11.2. The van der Waals surface area contributed by atoms with Crippen molar-refractivity contribution in [3.63, 3.8) is 0 Å². The molecule has 0 saturated heterocycles. The van der Waals surface area contributed by atoms with E-state index in [0.717, 1.165) is 24.8 Å². The number of benzene rings is 2. The summed E-state index contributed by atoms with van der Waals surface area (Å²) in [5.41, 5.74) is 0.828. The van der Waals surface area contributed by atoms with E-state index in [1.54, 1.807) is 6.92 Å². The van der Waals surface area contributed by atoms with Crippen LogP contribution < -0.4 is 15.1 Å². The van der Waals surface area contributed by atoms with E-state index in [1.807, 2.05) is 32.9 Å². The second-order valence-electron chi connectivity index (χ2n) is 11.7. The van der Waals surface area contributed by atoms with Gasteiger partial charge in [0, 0.05) is 12.5 Å². The van der Waals surface area contributed by atoms with Gasteiger partial charge in [0.25, 0.3) is 8.32 Å². The Hall–Kier alpha value is -1.60. The van der Waals surface area contributed by atoms with Gasteiger partial charge in [0.2, 0.25) is 0 Å². The van der Waals surface area contributed by atoms with E-state index in [0.29, 0.717) is 6.61 Å². The Balaban J connectivity index is 1.94. The lowest BCUT2D eigenvalue weighted by molar-refractivity contribution is 0.253. The fraction of sp³-hybridized carbons (Fsp3) is 0.517. The van der Waals surface area contributed by atoms with E-state index in [9.17, 15) is 4.21 Å². The van der Waals surface area contributed by atoms with Crippen molar-refractivity contribution in [3.8, 4) is 0 Å². The monoisotopic (exact) mass is 515 g/mol. The molecule has 35 heavy (non-hydrogen) atoms. The van der Waals surface area contributed by atoms with Gasteiger partial charge in [-0.15, -0.1) is 0 Å². The quantitative estimate of drug-likeness (QED) is 0.436. The zero-order valence-corrected chi connectivity index (χ0v) is 24.2. The number of nitrogens with one attached hydrogen (secondary N) is 1. The van der Waals surface area contributed by atoms with Crippen LogP contribution in [0.3, 0.4) is 0 Å². The molecule has 0 bridgehead atoms. The van der Waals surface area contributed by atoms with Crippen LogP contribution >= 0.6 is 0 Å². The molecule has 0 heterocycles. The van der Waals surface area contributed by atoms with Crippen molar-refractivity contribution in [3.05, 3.63) is 72.1 Å². The highest BCUT2D eigenvalue weighted by molar-refractivity contribution is 7.84.